The molecule has 6 heteroatoms. The van der Waals surface area contributed by atoms with E-state index in [-0.39, 0.29) is 22.8 Å². The van der Waals surface area contributed by atoms with Crippen LogP contribution in [0, 0.1) is 23.4 Å². The lowest BCUT2D eigenvalue weighted by atomic mass is 9.79. The van der Waals surface area contributed by atoms with Crippen molar-refractivity contribution in [2.75, 3.05) is 6.61 Å². The molecule has 0 saturated heterocycles. The van der Waals surface area contributed by atoms with Gasteiger partial charge in [0.2, 0.25) is 0 Å². The average Bonchev–Trinajstić information content (AvgIpc) is 2.82. The van der Waals surface area contributed by atoms with Crippen LogP contribution in [0.15, 0.2) is 54.6 Å². The monoisotopic (exact) mass is 468 g/mol. The van der Waals surface area contributed by atoms with Crippen LogP contribution >= 0.6 is 0 Å². The molecule has 0 aliphatic heterocycles. The number of benzene rings is 3. The lowest BCUT2D eigenvalue weighted by Crippen LogP contribution is -2.13. The molecule has 0 bridgehead atoms. The Hall–Kier alpha value is -3.28. The maximum Gasteiger partial charge on any atom is 0.346 e. The maximum absolute atomic E-state index is 14.9. The van der Waals surface area contributed by atoms with Crippen molar-refractivity contribution in [2.45, 2.75) is 45.4 Å². The van der Waals surface area contributed by atoms with Crippen molar-refractivity contribution in [3.05, 3.63) is 83.2 Å². The van der Waals surface area contributed by atoms with Gasteiger partial charge in [-0.05, 0) is 67.0 Å². The third kappa shape index (κ3) is 5.11. The molecule has 0 radical (unpaired) electrons. The number of hydrogen-bond donors (Lipinski definition) is 0. The highest BCUT2D eigenvalue weighted by Gasteiger charge is 2.25. The molecule has 0 amide bonds. The second kappa shape index (κ2) is 10.3. The number of halogens is 3. The van der Waals surface area contributed by atoms with Crippen molar-refractivity contribution >= 4 is 5.97 Å². The lowest BCUT2D eigenvalue weighted by molar-refractivity contribution is 0.0730. The Kier molecular flexibility index (Phi) is 7.25. The van der Waals surface area contributed by atoms with Gasteiger partial charge in [-0.25, -0.2) is 18.0 Å². The van der Waals surface area contributed by atoms with Gasteiger partial charge in [-0.2, -0.15) is 0 Å². The van der Waals surface area contributed by atoms with E-state index in [1.165, 1.54) is 36.4 Å². The quantitative estimate of drug-likeness (QED) is 0.275. The Morgan fingerprint density at radius 3 is 2.21 bits per heavy atom. The van der Waals surface area contributed by atoms with Crippen LogP contribution in [-0.4, -0.2) is 12.6 Å². The van der Waals surface area contributed by atoms with E-state index in [1.54, 1.807) is 19.1 Å². The standard InChI is InChI=1S/C28H27F3O3/c1-3-33-21-12-13-24(25(29)16-21)28(32)34-20-10-8-19(9-11-20)23-15-14-22(26(30)27(23)31)18-6-4-17(2)5-7-18/h8-18H,3-7H2,1-2H3. The first kappa shape index (κ1) is 23.9. The third-order valence-electron chi connectivity index (χ3n) is 6.42. The summed E-state index contributed by atoms with van der Waals surface area (Å²) in [6, 6.07) is 13.2. The van der Waals surface area contributed by atoms with Gasteiger partial charge in [0.05, 0.1) is 12.2 Å². The van der Waals surface area contributed by atoms with Crippen LogP contribution in [0.25, 0.3) is 11.1 Å². The molecule has 3 aromatic rings. The summed E-state index contributed by atoms with van der Waals surface area (Å²) in [5, 5.41) is 0. The van der Waals surface area contributed by atoms with E-state index in [4.69, 9.17) is 9.47 Å². The van der Waals surface area contributed by atoms with Gasteiger partial charge in [0, 0.05) is 11.6 Å². The van der Waals surface area contributed by atoms with E-state index in [9.17, 15) is 18.0 Å². The number of rotatable bonds is 6. The van der Waals surface area contributed by atoms with Crippen LogP contribution in [-0.2, 0) is 0 Å². The van der Waals surface area contributed by atoms with E-state index >= 15 is 0 Å². The average molecular weight is 469 g/mol. The first-order valence-corrected chi connectivity index (χ1v) is 11.6. The highest BCUT2D eigenvalue weighted by atomic mass is 19.2. The van der Waals surface area contributed by atoms with Crippen molar-refractivity contribution in [1.29, 1.82) is 0 Å². The maximum atomic E-state index is 14.9. The number of ether oxygens (including phenoxy) is 2. The van der Waals surface area contributed by atoms with Gasteiger partial charge in [-0.3, -0.25) is 0 Å². The van der Waals surface area contributed by atoms with Gasteiger partial charge in [0.1, 0.15) is 17.3 Å². The Bertz CT molecular complexity index is 1170. The predicted octanol–water partition coefficient (Wildman–Crippen LogP) is 7.68. The zero-order valence-corrected chi connectivity index (χ0v) is 19.2. The van der Waals surface area contributed by atoms with Crippen molar-refractivity contribution < 1.29 is 27.4 Å². The van der Waals surface area contributed by atoms with Crippen molar-refractivity contribution in [2.24, 2.45) is 5.92 Å². The molecule has 3 aromatic carbocycles. The number of hydrogen-bond acceptors (Lipinski definition) is 3. The van der Waals surface area contributed by atoms with Crippen LogP contribution in [0.3, 0.4) is 0 Å². The van der Waals surface area contributed by atoms with Crippen LogP contribution in [0.4, 0.5) is 13.2 Å². The number of esters is 1. The van der Waals surface area contributed by atoms with Gasteiger partial charge < -0.3 is 9.47 Å². The van der Waals surface area contributed by atoms with E-state index < -0.39 is 23.4 Å². The zero-order valence-electron chi connectivity index (χ0n) is 19.2. The molecule has 0 atom stereocenters. The molecule has 0 unspecified atom stereocenters. The summed E-state index contributed by atoms with van der Waals surface area (Å²) in [5.74, 6) is -2.13. The van der Waals surface area contributed by atoms with E-state index in [0.717, 1.165) is 31.7 Å². The second-order valence-corrected chi connectivity index (χ2v) is 8.78. The summed E-state index contributed by atoms with van der Waals surface area (Å²) in [4.78, 5) is 12.4. The fourth-order valence-corrected chi connectivity index (χ4v) is 4.46. The van der Waals surface area contributed by atoms with Gasteiger partial charge in [0.15, 0.2) is 11.6 Å². The van der Waals surface area contributed by atoms with Crippen LogP contribution in [0.1, 0.15) is 61.4 Å². The molecule has 4 rings (SSSR count). The largest absolute Gasteiger partial charge is 0.494 e. The Labute approximate surface area is 197 Å². The normalized spacial score (nSPS) is 17.9. The van der Waals surface area contributed by atoms with Gasteiger partial charge in [0.25, 0.3) is 0 Å². The summed E-state index contributed by atoms with van der Waals surface area (Å²) < 4.78 is 54.5. The highest BCUT2D eigenvalue weighted by molar-refractivity contribution is 5.91. The SMILES string of the molecule is CCOc1ccc(C(=O)Oc2ccc(-c3ccc(C4CCC(C)CC4)c(F)c3F)cc2)c(F)c1. The first-order chi connectivity index (χ1) is 16.4. The smallest absolute Gasteiger partial charge is 0.346 e. The van der Waals surface area contributed by atoms with Crippen LogP contribution in [0.5, 0.6) is 11.5 Å². The molecule has 34 heavy (non-hydrogen) atoms. The summed E-state index contributed by atoms with van der Waals surface area (Å²) in [6.07, 6.45) is 3.78. The van der Waals surface area contributed by atoms with E-state index in [1.807, 2.05) is 0 Å². The summed E-state index contributed by atoms with van der Waals surface area (Å²) >= 11 is 0. The molecule has 1 fully saturated rings. The molecular formula is C28H27F3O3. The Morgan fingerprint density at radius 1 is 0.882 bits per heavy atom. The predicted molar refractivity (Wildman–Crippen MR) is 125 cm³/mol. The third-order valence-corrected chi connectivity index (χ3v) is 6.42. The van der Waals surface area contributed by atoms with Gasteiger partial charge in [-0.15, -0.1) is 0 Å². The minimum Gasteiger partial charge on any atom is -0.494 e. The fourth-order valence-electron chi connectivity index (χ4n) is 4.46. The van der Waals surface area contributed by atoms with Crippen LogP contribution < -0.4 is 9.47 Å². The zero-order chi connectivity index (χ0) is 24.2. The minimum absolute atomic E-state index is 0.0459. The topological polar surface area (TPSA) is 35.5 Å². The molecule has 1 aliphatic rings. The molecule has 178 valence electrons. The van der Waals surface area contributed by atoms with E-state index in [0.29, 0.717) is 29.4 Å². The molecule has 0 aromatic heterocycles. The molecule has 0 N–H and O–H groups in total. The summed E-state index contributed by atoms with van der Waals surface area (Å²) in [5.41, 5.74) is 0.803. The number of carbonyl (C=O) groups excluding carboxylic acids is 1. The molecule has 1 aliphatic carbocycles. The fraction of sp³-hybridized carbons (Fsp3) is 0.321. The second-order valence-electron chi connectivity index (χ2n) is 8.78. The first-order valence-electron chi connectivity index (χ1n) is 11.6. The van der Waals surface area contributed by atoms with Crippen molar-refractivity contribution in [3.8, 4) is 22.6 Å². The van der Waals surface area contributed by atoms with Crippen molar-refractivity contribution in [1.82, 2.24) is 0 Å². The van der Waals surface area contributed by atoms with Crippen LogP contribution in [0.2, 0.25) is 0 Å². The molecule has 1 saturated carbocycles. The molecule has 0 spiro atoms. The highest BCUT2D eigenvalue weighted by Crippen LogP contribution is 2.38. The Morgan fingerprint density at radius 2 is 1.56 bits per heavy atom. The van der Waals surface area contributed by atoms with Gasteiger partial charge in [-0.1, -0.05) is 44.0 Å². The summed E-state index contributed by atoms with van der Waals surface area (Å²) in [6.45, 7) is 4.34. The minimum atomic E-state index is -0.877. The lowest BCUT2D eigenvalue weighted by Gasteiger charge is -2.27. The molecular weight excluding hydrogens is 441 g/mol. The van der Waals surface area contributed by atoms with Crippen molar-refractivity contribution in [3.63, 3.8) is 0 Å². The summed E-state index contributed by atoms with van der Waals surface area (Å²) in [7, 11) is 0. The molecule has 3 nitrogen and oxygen atoms in total. The Balaban J connectivity index is 1.48. The van der Waals surface area contributed by atoms with Gasteiger partial charge >= 0.3 is 5.97 Å². The number of carbonyl (C=O) groups is 1. The van der Waals surface area contributed by atoms with E-state index in [2.05, 4.69) is 6.92 Å². The molecule has 0 heterocycles.